The first kappa shape index (κ1) is 23.1. The standard InChI is InChI=1S/C23H21Cl3N2O3/c1-2-30-22-11-15(13-27-20-9-6-17(25)12-19(20)26)3-10-21(22)31-14-23(29)28-18-7-4-16(24)5-8-18/h3-12,27H,2,13-14H2,1H3,(H,28,29). The van der Waals surface area contributed by atoms with E-state index in [4.69, 9.17) is 44.3 Å². The molecule has 31 heavy (non-hydrogen) atoms. The number of anilines is 2. The molecule has 0 saturated heterocycles. The molecule has 0 aliphatic heterocycles. The van der Waals surface area contributed by atoms with Crippen LogP contribution in [0.2, 0.25) is 15.1 Å². The molecule has 0 aromatic heterocycles. The molecule has 0 bridgehead atoms. The van der Waals surface area contributed by atoms with Crippen LogP contribution in [0, 0.1) is 0 Å². The molecule has 8 heteroatoms. The van der Waals surface area contributed by atoms with Crippen molar-refractivity contribution in [2.24, 2.45) is 0 Å². The van der Waals surface area contributed by atoms with Crippen molar-refractivity contribution in [3.8, 4) is 11.5 Å². The second-order valence-corrected chi connectivity index (χ2v) is 7.82. The maximum absolute atomic E-state index is 12.2. The molecule has 1 amide bonds. The van der Waals surface area contributed by atoms with Gasteiger partial charge in [0.25, 0.3) is 5.91 Å². The van der Waals surface area contributed by atoms with Gasteiger partial charge in [-0.25, -0.2) is 0 Å². The predicted molar refractivity (Wildman–Crippen MR) is 127 cm³/mol. The van der Waals surface area contributed by atoms with E-state index in [9.17, 15) is 4.79 Å². The molecule has 0 aliphatic carbocycles. The van der Waals surface area contributed by atoms with Gasteiger partial charge in [0.1, 0.15) is 0 Å². The third-order valence-electron chi connectivity index (χ3n) is 4.21. The van der Waals surface area contributed by atoms with Gasteiger partial charge in [0.15, 0.2) is 18.1 Å². The Morgan fingerprint density at radius 1 is 0.871 bits per heavy atom. The minimum atomic E-state index is -0.284. The zero-order valence-electron chi connectivity index (χ0n) is 16.8. The van der Waals surface area contributed by atoms with Gasteiger partial charge >= 0.3 is 0 Å². The molecule has 0 heterocycles. The number of hydrogen-bond donors (Lipinski definition) is 2. The topological polar surface area (TPSA) is 59.6 Å². The predicted octanol–water partition coefficient (Wildman–Crippen LogP) is 6.68. The monoisotopic (exact) mass is 478 g/mol. The van der Waals surface area contributed by atoms with Crippen LogP contribution in [0.25, 0.3) is 0 Å². The lowest BCUT2D eigenvalue weighted by atomic mass is 10.2. The van der Waals surface area contributed by atoms with Crippen molar-refractivity contribution in [1.82, 2.24) is 0 Å². The average molecular weight is 480 g/mol. The zero-order chi connectivity index (χ0) is 22.2. The lowest BCUT2D eigenvalue weighted by Gasteiger charge is -2.14. The summed E-state index contributed by atoms with van der Waals surface area (Å²) in [4.78, 5) is 12.2. The number of ether oxygens (including phenoxy) is 2. The minimum absolute atomic E-state index is 0.152. The highest BCUT2D eigenvalue weighted by molar-refractivity contribution is 6.36. The largest absolute Gasteiger partial charge is 0.490 e. The lowest BCUT2D eigenvalue weighted by Crippen LogP contribution is -2.20. The first-order valence-electron chi connectivity index (χ1n) is 9.57. The first-order valence-corrected chi connectivity index (χ1v) is 10.7. The Morgan fingerprint density at radius 3 is 2.32 bits per heavy atom. The van der Waals surface area contributed by atoms with Gasteiger partial charge in [-0.2, -0.15) is 0 Å². The van der Waals surface area contributed by atoms with Crippen LogP contribution in [0.3, 0.4) is 0 Å². The van der Waals surface area contributed by atoms with E-state index < -0.39 is 0 Å². The molecule has 3 rings (SSSR count). The molecule has 0 atom stereocenters. The minimum Gasteiger partial charge on any atom is -0.490 e. The van der Waals surface area contributed by atoms with Crippen molar-refractivity contribution in [2.75, 3.05) is 23.8 Å². The molecular weight excluding hydrogens is 459 g/mol. The van der Waals surface area contributed by atoms with Crippen molar-refractivity contribution in [3.63, 3.8) is 0 Å². The van der Waals surface area contributed by atoms with Crippen LogP contribution in [0.5, 0.6) is 11.5 Å². The van der Waals surface area contributed by atoms with Crippen LogP contribution in [-0.4, -0.2) is 19.1 Å². The molecule has 2 N–H and O–H groups in total. The number of carbonyl (C=O) groups excluding carboxylic acids is 1. The van der Waals surface area contributed by atoms with E-state index in [1.54, 1.807) is 42.5 Å². The molecular formula is C23H21Cl3N2O3. The van der Waals surface area contributed by atoms with Gasteiger partial charge in [0, 0.05) is 22.3 Å². The molecule has 3 aromatic carbocycles. The van der Waals surface area contributed by atoms with E-state index in [0.717, 1.165) is 11.3 Å². The van der Waals surface area contributed by atoms with E-state index in [1.807, 2.05) is 25.1 Å². The van der Waals surface area contributed by atoms with Crippen LogP contribution < -0.4 is 20.1 Å². The van der Waals surface area contributed by atoms with Crippen molar-refractivity contribution >= 4 is 52.1 Å². The summed E-state index contributed by atoms with van der Waals surface area (Å²) in [6.07, 6.45) is 0. The zero-order valence-corrected chi connectivity index (χ0v) is 19.0. The number of halogens is 3. The van der Waals surface area contributed by atoms with Crippen molar-refractivity contribution < 1.29 is 14.3 Å². The second kappa shape index (κ2) is 11.1. The second-order valence-electron chi connectivity index (χ2n) is 6.54. The van der Waals surface area contributed by atoms with E-state index >= 15 is 0 Å². The summed E-state index contributed by atoms with van der Waals surface area (Å²) in [5.74, 6) is 0.762. The summed E-state index contributed by atoms with van der Waals surface area (Å²) in [6, 6.07) is 17.7. The third kappa shape index (κ3) is 6.96. The van der Waals surface area contributed by atoms with Gasteiger partial charge in [0.05, 0.1) is 17.3 Å². The Hall–Kier alpha value is -2.60. The van der Waals surface area contributed by atoms with E-state index in [0.29, 0.717) is 45.4 Å². The molecule has 0 fully saturated rings. The van der Waals surface area contributed by atoms with Crippen LogP contribution >= 0.6 is 34.8 Å². The van der Waals surface area contributed by atoms with Gasteiger partial charge in [-0.3, -0.25) is 4.79 Å². The highest BCUT2D eigenvalue weighted by atomic mass is 35.5. The van der Waals surface area contributed by atoms with Crippen LogP contribution in [-0.2, 0) is 11.3 Å². The molecule has 0 aliphatic rings. The summed E-state index contributed by atoms with van der Waals surface area (Å²) in [7, 11) is 0. The number of hydrogen-bond acceptors (Lipinski definition) is 4. The first-order chi connectivity index (χ1) is 14.9. The molecule has 162 valence electrons. The van der Waals surface area contributed by atoms with Gasteiger partial charge < -0.3 is 20.1 Å². The summed E-state index contributed by atoms with van der Waals surface area (Å²) < 4.78 is 11.4. The average Bonchev–Trinajstić information content (AvgIpc) is 2.74. The maximum atomic E-state index is 12.2. The fourth-order valence-electron chi connectivity index (χ4n) is 2.75. The van der Waals surface area contributed by atoms with Gasteiger partial charge in [-0.15, -0.1) is 0 Å². The van der Waals surface area contributed by atoms with Crippen molar-refractivity contribution in [3.05, 3.63) is 81.3 Å². The van der Waals surface area contributed by atoms with E-state index in [-0.39, 0.29) is 12.5 Å². The Kier molecular flexibility index (Phi) is 8.29. The van der Waals surface area contributed by atoms with Crippen LogP contribution in [0.4, 0.5) is 11.4 Å². The quantitative estimate of drug-likeness (QED) is 0.359. The van der Waals surface area contributed by atoms with Crippen molar-refractivity contribution in [1.29, 1.82) is 0 Å². The van der Waals surface area contributed by atoms with E-state index in [1.165, 1.54) is 0 Å². The molecule has 0 spiro atoms. The summed E-state index contributed by atoms with van der Waals surface area (Å²) in [6.45, 7) is 2.72. The highest BCUT2D eigenvalue weighted by Gasteiger charge is 2.10. The summed E-state index contributed by atoms with van der Waals surface area (Å²) >= 11 is 18.0. The van der Waals surface area contributed by atoms with Gasteiger partial charge in [-0.05, 0) is 67.1 Å². The molecule has 3 aromatic rings. The van der Waals surface area contributed by atoms with Gasteiger partial charge in [-0.1, -0.05) is 40.9 Å². The number of benzene rings is 3. The van der Waals surface area contributed by atoms with Crippen LogP contribution in [0.15, 0.2) is 60.7 Å². The number of rotatable bonds is 9. The smallest absolute Gasteiger partial charge is 0.262 e. The maximum Gasteiger partial charge on any atom is 0.262 e. The molecule has 5 nitrogen and oxygen atoms in total. The fourth-order valence-corrected chi connectivity index (χ4v) is 3.36. The molecule has 0 saturated carbocycles. The van der Waals surface area contributed by atoms with Crippen LogP contribution in [0.1, 0.15) is 12.5 Å². The van der Waals surface area contributed by atoms with E-state index in [2.05, 4.69) is 10.6 Å². The number of amides is 1. The Morgan fingerprint density at radius 2 is 1.61 bits per heavy atom. The normalized spacial score (nSPS) is 10.5. The summed E-state index contributed by atoms with van der Waals surface area (Å²) in [5, 5.41) is 7.75. The molecule has 0 unspecified atom stereocenters. The van der Waals surface area contributed by atoms with Crippen molar-refractivity contribution in [2.45, 2.75) is 13.5 Å². The Bertz CT molecular complexity index is 1040. The summed E-state index contributed by atoms with van der Waals surface area (Å²) in [5.41, 5.74) is 2.39. The number of carbonyl (C=O) groups is 1. The van der Waals surface area contributed by atoms with Gasteiger partial charge in [0.2, 0.25) is 0 Å². The Labute approximate surface area is 196 Å². The lowest BCUT2D eigenvalue weighted by molar-refractivity contribution is -0.118. The highest BCUT2D eigenvalue weighted by Crippen LogP contribution is 2.30. The Balaban J connectivity index is 1.61. The molecule has 0 radical (unpaired) electrons. The third-order valence-corrected chi connectivity index (χ3v) is 5.01. The number of nitrogens with one attached hydrogen (secondary N) is 2. The fraction of sp³-hybridized carbons (Fsp3) is 0.174. The SMILES string of the molecule is CCOc1cc(CNc2ccc(Cl)cc2Cl)ccc1OCC(=O)Nc1ccc(Cl)cc1.